The Morgan fingerprint density at radius 3 is 2.63 bits per heavy atom. The van der Waals surface area contributed by atoms with Gasteiger partial charge in [0.15, 0.2) is 17.2 Å². The zero-order valence-electron chi connectivity index (χ0n) is 19.0. The Bertz CT molecular complexity index is 861. The lowest BCUT2D eigenvalue weighted by Gasteiger charge is -2.57. The van der Waals surface area contributed by atoms with Crippen LogP contribution in [0.2, 0.25) is 0 Å². The van der Waals surface area contributed by atoms with E-state index in [0.29, 0.717) is 23.7 Å². The molecule has 0 aromatic carbocycles. The normalized spacial score (nSPS) is 48.9. The molecule has 5 nitrogen and oxygen atoms in total. The lowest BCUT2D eigenvalue weighted by atomic mass is 9.48. The standard InChI is InChI=1S/C25H35NO4/c1-14(27)25-22(29-15(2)26-25)13-21-19-7-6-17-12-18(30-16(3)28)8-10-23(17,4)20(19)9-11-24(21,25)5/h9,17-19,21-22H,6-8,10-13H2,1-5H3/t17-,18-,19+,21-,22+,23-,24-,25+/m0/s1. The molecule has 0 aromatic heterocycles. The lowest BCUT2D eigenvalue weighted by molar-refractivity contribution is -0.151. The zero-order chi connectivity index (χ0) is 21.5. The minimum absolute atomic E-state index is 0.0733. The number of Topliss-reactive ketones (excluding diaryl/α,β-unsaturated/α-hetero) is 1. The van der Waals surface area contributed by atoms with Crippen molar-refractivity contribution in [2.75, 3.05) is 0 Å². The van der Waals surface area contributed by atoms with Crippen LogP contribution in [0.15, 0.2) is 16.6 Å². The van der Waals surface area contributed by atoms with Gasteiger partial charge in [-0.15, -0.1) is 0 Å². The molecule has 0 saturated heterocycles. The summed E-state index contributed by atoms with van der Waals surface area (Å²) >= 11 is 0. The molecule has 0 bridgehead atoms. The Morgan fingerprint density at radius 1 is 1.17 bits per heavy atom. The molecule has 3 fully saturated rings. The number of aliphatic imine (C=N–C) groups is 1. The second kappa shape index (κ2) is 6.43. The summed E-state index contributed by atoms with van der Waals surface area (Å²) in [5, 5.41) is 0. The Kier molecular flexibility index (Phi) is 4.34. The van der Waals surface area contributed by atoms with E-state index in [-0.39, 0.29) is 34.8 Å². The maximum atomic E-state index is 13.0. The Morgan fingerprint density at radius 2 is 1.93 bits per heavy atom. The zero-order valence-corrected chi connectivity index (χ0v) is 19.0. The number of hydrogen-bond donors (Lipinski definition) is 0. The van der Waals surface area contributed by atoms with E-state index < -0.39 is 5.54 Å². The molecule has 0 spiro atoms. The summed E-state index contributed by atoms with van der Waals surface area (Å²) in [6.45, 7) is 9.85. The first-order chi connectivity index (χ1) is 14.1. The maximum absolute atomic E-state index is 13.0. The van der Waals surface area contributed by atoms with Crippen molar-refractivity contribution in [3.63, 3.8) is 0 Å². The van der Waals surface area contributed by atoms with Crippen LogP contribution in [0.1, 0.15) is 79.6 Å². The van der Waals surface area contributed by atoms with Crippen LogP contribution in [-0.4, -0.2) is 35.4 Å². The molecule has 0 unspecified atom stereocenters. The SMILES string of the molecule is CC(=O)O[C@H]1CC[C@]2(C)C3=CC[C@@]4(C)[C@@H](C[C@H]5OC(C)=N[C@]54C(C)=O)[C@@H]3CC[C@H]2C1. The van der Waals surface area contributed by atoms with E-state index in [1.165, 1.54) is 13.3 Å². The van der Waals surface area contributed by atoms with Crippen molar-refractivity contribution in [3.8, 4) is 0 Å². The monoisotopic (exact) mass is 413 g/mol. The maximum Gasteiger partial charge on any atom is 0.302 e. The molecule has 1 aliphatic heterocycles. The second-order valence-electron chi connectivity index (χ2n) is 11.0. The van der Waals surface area contributed by atoms with Crippen LogP contribution in [-0.2, 0) is 19.1 Å². The number of ether oxygens (including phenoxy) is 2. The minimum Gasteiger partial charge on any atom is -0.475 e. The molecule has 8 atom stereocenters. The van der Waals surface area contributed by atoms with Gasteiger partial charge in [0.25, 0.3) is 0 Å². The van der Waals surface area contributed by atoms with Crippen LogP contribution in [0.25, 0.3) is 0 Å². The number of carbonyl (C=O) groups excluding carboxylic acids is 2. The van der Waals surface area contributed by atoms with Gasteiger partial charge in [0, 0.05) is 19.3 Å². The number of fused-ring (bicyclic) bond motifs is 7. The number of carbonyl (C=O) groups is 2. The van der Waals surface area contributed by atoms with E-state index in [1.807, 2.05) is 6.92 Å². The fourth-order valence-corrected chi connectivity index (χ4v) is 8.35. The molecular formula is C25H35NO4. The van der Waals surface area contributed by atoms with Gasteiger partial charge in [-0.05, 0) is 75.0 Å². The third-order valence-corrected chi connectivity index (χ3v) is 9.69. The molecule has 164 valence electrons. The summed E-state index contributed by atoms with van der Waals surface area (Å²) in [4.78, 5) is 29.3. The molecule has 30 heavy (non-hydrogen) atoms. The fourth-order valence-electron chi connectivity index (χ4n) is 8.35. The van der Waals surface area contributed by atoms with Gasteiger partial charge in [-0.1, -0.05) is 25.5 Å². The van der Waals surface area contributed by atoms with Gasteiger partial charge < -0.3 is 9.47 Å². The van der Waals surface area contributed by atoms with E-state index in [0.717, 1.165) is 38.5 Å². The fraction of sp³-hybridized carbons (Fsp3) is 0.800. The number of nitrogens with zero attached hydrogens (tertiary/aromatic N) is 1. The molecule has 4 aliphatic carbocycles. The topological polar surface area (TPSA) is 65.0 Å². The van der Waals surface area contributed by atoms with Gasteiger partial charge in [0.2, 0.25) is 0 Å². The Hall–Kier alpha value is -1.65. The highest BCUT2D eigenvalue weighted by atomic mass is 16.5. The van der Waals surface area contributed by atoms with Crippen LogP contribution < -0.4 is 0 Å². The summed E-state index contributed by atoms with van der Waals surface area (Å²) in [6.07, 6.45) is 9.61. The first-order valence-corrected chi connectivity index (χ1v) is 11.7. The van der Waals surface area contributed by atoms with E-state index in [1.54, 1.807) is 12.5 Å². The molecule has 0 radical (unpaired) electrons. The molecule has 0 aromatic rings. The molecule has 1 heterocycles. The largest absolute Gasteiger partial charge is 0.475 e. The summed E-state index contributed by atoms with van der Waals surface area (Å²) < 4.78 is 11.7. The summed E-state index contributed by atoms with van der Waals surface area (Å²) in [7, 11) is 0. The van der Waals surface area contributed by atoms with Gasteiger partial charge in [-0.25, -0.2) is 4.99 Å². The van der Waals surface area contributed by atoms with E-state index >= 15 is 0 Å². The van der Waals surface area contributed by atoms with Crippen molar-refractivity contribution in [1.29, 1.82) is 0 Å². The predicted octanol–water partition coefficient (Wildman–Crippen LogP) is 4.64. The average molecular weight is 414 g/mol. The average Bonchev–Trinajstić information content (AvgIpc) is 3.12. The molecule has 5 aliphatic rings. The van der Waals surface area contributed by atoms with Crippen molar-refractivity contribution in [3.05, 3.63) is 11.6 Å². The highest BCUT2D eigenvalue weighted by Gasteiger charge is 2.71. The molecule has 0 N–H and O–H groups in total. The lowest BCUT2D eigenvalue weighted by Crippen LogP contribution is -2.56. The van der Waals surface area contributed by atoms with Crippen LogP contribution in [0.3, 0.4) is 0 Å². The van der Waals surface area contributed by atoms with Crippen molar-refractivity contribution < 1.29 is 19.1 Å². The molecular weight excluding hydrogens is 378 g/mol. The highest BCUT2D eigenvalue weighted by Crippen LogP contribution is 2.68. The van der Waals surface area contributed by atoms with Gasteiger partial charge in [0.05, 0.1) is 0 Å². The predicted molar refractivity (Wildman–Crippen MR) is 114 cm³/mol. The summed E-state index contributed by atoms with van der Waals surface area (Å²) in [6, 6.07) is 0. The van der Waals surface area contributed by atoms with Gasteiger partial charge in [-0.3, -0.25) is 9.59 Å². The summed E-state index contributed by atoms with van der Waals surface area (Å²) in [5.74, 6) is 2.19. The van der Waals surface area contributed by atoms with E-state index in [2.05, 4.69) is 19.9 Å². The van der Waals surface area contributed by atoms with Gasteiger partial charge in [-0.2, -0.15) is 0 Å². The van der Waals surface area contributed by atoms with Crippen molar-refractivity contribution >= 4 is 17.7 Å². The van der Waals surface area contributed by atoms with Crippen LogP contribution in [0.4, 0.5) is 0 Å². The molecule has 0 amide bonds. The molecule has 5 heteroatoms. The van der Waals surface area contributed by atoms with E-state index in [9.17, 15) is 9.59 Å². The van der Waals surface area contributed by atoms with Gasteiger partial charge >= 0.3 is 5.97 Å². The number of ketones is 1. The number of hydrogen-bond acceptors (Lipinski definition) is 5. The molecule has 5 rings (SSSR count). The van der Waals surface area contributed by atoms with Crippen LogP contribution in [0.5, 0.6) is 0 Å². The first-order valence-electron chi connectivity index (χ1n) is 11.7. The highest BCUT2D eigenvalue weighted by molar-refractivity contribution is 5.94. The quantitative estimate of drug-likeness (QED) is 0.489. The summed E-state index contributed by atoms with van der Waals surface area (Å²) in [5.41, 5.74) is 0.909. The first kappa shape index (κ1) is 20.3. The number of rotatable bonds is 2. The second-order valence-corrected chi connectivity index (χ2v) is 11.0. The Labute approximate surface area is 179 Å². The van der Waals surface area contributed by atoms with Crippen molar-refractivity contribution in [2.24, 2.45) is 33.6 Å². The van der Waals surface area contributed by atoms with Crippen molar-refractivity contribution in [2.45, 2.75) is 97.3 Å². The Balaban J connectivity index is 1.48. The van der Waals surface area contributed by atoms with Crippen LogP contribution in [0, 0.1) is 28.6 Å². The van der Waals surface area contributed by atoms with Crippen LogP contribution >= 0.6 is 0 Å². The third-order valence-electron chi connectivity index (χ3n) is 9.69. The van der Waals surface area contributed by atoms with Gasteiger partial charge in [0.1, 0.15) is 12.2 Å². The number of allylic oxidation sites excluding steroid dienone is 2. The minimum atomic E-state index is -0.714. The smallest absolute Gasteiger partial charge is 0.302 e. The number of esters is 1. The van der Waals surface area contributed by atoms with Crippen molar-refractivity contribution in [1.82, 2.24) is 0 Å². The van der Waals surface area contributed by atoms with E-state index in [4.69, 9.17) is 14.5 Å². The molecule has 3 saturated carbocycles. The third kappa shape index (κ3) is 2.44.